The molecule has 1 amide bonds. The highest BCUT2D eigenvalue weighted by Crippen LogP contribution is 2.13. The van der Waals surface area contributed by atoms with Crippen molar-refractivity contribution in [1.29, 1.82) is 0 Å². The van der Waals surface area contributed by atoms with Gasteiger partial charge in [0.25, 0.3) is 0 Å². The molecule has 4 nitrogen and oxygen atoms in total. The summed E-state index contributed by atoms with van der Waals surface area (Å²) in [6.45, 7) is 3.84. The normalized spacial score (nSPS) is 17.7. The van der Waals surface area contributed by atoms with Gasteiger partial charge in [0.05, 0.1) is 12.1 Å². The van der Waals surface area contributed by atoms with E-state index in [0.717, 1.165) is 31.5 Å². The Morgan fingerprint density at radius 3 is 2.70 bits per heavy atom. The van der Waals surface area contributed by atoms with Gasteiger partial charge in [-0.2, -0.15) is 0 Å². The maximum absolute atomic E-state index is 12.8. The summed E-state index contributed by atoms with van der Waals surface area (Å²) in [5, 5.41) is 6.10. The molecule has 2 rings (SSSR count). The summed E-state index contributed by atoms with van der Waals surface area (Å²) in [6, 6.07) is 5.98. The van der Waals surface area contributed by atoms with E-state index in [9.17, 15) is 9.18 Å². The van der Waals surface area contributed by atoms with Crippen LogP contribution in [0, 0.1) is 5.82 Å². The molecule has 2 N–H and O–H groups in total. The maximum atomic E-state index is 12.8. The Bertz CT molecular complexity index is 430. The van der Waals surface area contributed by atoms with Gasteiger partial charge in [0.15, 0.2) is 0 Å². The molecule has 0 radical (unpaired) electrons. The zero-order chi connectivity index (χ0) is 14.4. The van der Waals surface area contributed by atoms with E-state index in [1.165, 1.54) is 12.1 Å². The van der Waals surface area contributed by atoms with Gasteiger partial charge < -0.3 is 15.4 Å². The lowest BCUT2D eigenvalue weighted by Crippen LogP contribution is -2.36. The van der Waals surface area contributed by atoms with Crippen molar-refractivity contribution in [2.75, 3.05) is 19.7 Å². The smallest absolute Gasteiger partial charge is 0.246 e. The van der Waals surface area contributed by atoms with Crippen LogP contribution in [0.4, 0.5) is 4.39 Å². The summed E-state index contributed by atoms with van der Waals surface area (Å²) >= 11 is 0. The Hall–Kier alpha value is -1.46. The Morgan fingerprint density at radius 1 is 1.40 bits per heavy atom. The van der Waals surface area contributed by atoms with Crippen molar-refractivity contribution in [3.05, 3.63) is 35.6 Å². The highest BCUT2D eigenvalue weighted by Gasteiger charge is 2.16. The highest BCUT2D eigenvalue weighted by molar-refractivity contribution is 5.77. The van der Waals surface area contributed by atoms with Gasteiger partial charge in [-0.15, -0.1) is 0 Å². The number of piperidine rings is 1. The largest absolute Gasteiger partial charge is 0.368 e. The third-order valence-corrected chi connectivity index (χ3v) is 3.48. The second-order valence-electron chi connectivity index (χ2n) is 5.10. The number of halogens is 1. The highest BCUT2D eigenvalue weighted by atomic mass is 19.1. The molecule has 1 aliphatic rings. The molecule has 1 atom stereocenters. The van der Waals surface area contributed by atoms with Crippen LogP contribution in [-0.2, 0) is 9.53 Å². The van der Waals surface area contributed by atoms with Crippen LogP contribution < -0.4 is 10.6 Å². The van der Waals surface area contributed by atoms with Crippen LogP contribution in [0.2, 0.25) is 0 Å². The number of ether oxygens (including phenoxy) is 1. The van der Waals surface area contributed by atoms with E-state index in [4.69, 9.17) is 4.74 Å². The molecule has 1 unspecified atom stereocenters. The Kier molecular flexibility index (Phi) is 5.49. The van der Waals surface area contributed by atoms with E-state index in [1.54, 1.807) is 12.1 Å². The van der Waals surface area contributed by atoms with Crippen molar-refractivity contribution in [3.8, 4) is 0 Å². The minimum Gasteiger partial charge on any atom is -0.368 e. The van der Waals surface area contributed by atoms with Crippen LogP contribution in [0.5, 0.6) is 0 Å². The predicted molar refractivity (Wildman–Crippen MR) is 74.8 cm³/mol. The average Bonchev–Trinajstić information content (AvgIpc) is 2.47. The molecule has 0 spiro atoms. The first-order chi connectivity index (χ1) is 9.65. The molecule has 1 aromatic rings. The first kappa shape index (κ1) is 14.9. The van der Waals surface area contributed by atoms with Gasteiger partial charge in [-0.05, 0) is 50.6 Å². The summed E-state index contributed by atoms with van der Waals surface area (Å²) in [6.07, 6.45) is 2.06. The molecule has 5 heteroatoms. The number of hydrogen-bond donors (Lipinski definition) is 2. The maximum Gasteiger partial charge on any atom is 0.246 e. The standard InChI is InChI=1S/C15H21FN2O2/c1-11(12-2-4-13(16)5-3-12)18-15(19)10-20-14-6-8-17-9-7-14/h2-5,11,14,17H,6-10H2,1H3,(H,18,19). The predicted octanol–water partition coefficient (Wildman–Crippen LogP) is 1.77. The lowest BCUT2D eigenvalue weighted by molar-refractivity contribution is -0.128. The molecule has 0 aliphatic carbocycles. The molecule has 0 aromatic heterocycles. The summed E-state index contributed by atoms with van der Waals surface area (Å²) in [5.74, 6) is -0.415. The zero-order valence-corrected chi connectivity index (χ0v) is 11.7. The van der Waals surface area contributed by atoms with E-state index < -0.39 is 0 Å². The SMILES string of the molecule is CC(NC(=O)COC1CCNCC1)c1ccc(F)cc1. The van der Waals surface area contributed by atoms with Gasteiger partial charge in [-0.1, -0.05) is 12.1 Å². The summed E-state index contributed by atoms with van der Waals surface area (Å²) < 4.78 is 18.4. The molecule has 1 fully saturated rings. The summed E-state index contributed by atoms with van der Waals surface area (Å²) in [5.41, 5.74) is 0.876. The van der Waals surface area contributed by atoms with Crippen molar-refractivity contribution >= 4 is 5.91 Å². The van der Waals surface area contributed by atoms with E-state index in [-0.39, 0.29) is 30.5 Å². The minimum absolute atomic E-state index is 0.0796. The summed E-state index contributed by atoms with van der Waals surface area (Å²) in [4.78, 5) is 11.8. The van der Waals surface area contributed by atoms with E-state index >= 15 is 0 Å². The second kappa shape index (κ2) is 7.36. The lowest BCUT2D eigenvalue weighted by Gasteiger charge is -2.23. The van der Waals surface area contributed by atoms with E-state index in [2.05, 4.69) is 10.6 Å². The molecular weight excluding hydrogens is 259 g/mol. The molecule has 0 saturated carbocycles. The van der Waals surface area contributed by atoms with Crippen LogP contribution in [0.15, 0.2) is 24.3 Å². The number of nitrogens with one attached hydrogen (secondary N) is 2. The Morgan fingerprint density at radius 2 is 2.05 bits per heavy atom. The first-order valence-corrected chi connectivity index (χ1v) is 7.02. The van der Waals surface area contributed by atoms with Crippen LogP contribution >= 0.6 is 0 Å². The van der Waals surface area contributed by atoms with Crippen LogP contribution in [0.3, 0.4) is 0 Å². The first-order valence-electron chi connectivity index (χ1n) is 7.02. The molecule has 110 valence electrons. The molecular formula is C15H21FN2O2. The van der Waals surface area contributed by atoms with Crippen LogP contribution in [0.25, 0.3) is 0 Å². The van der Waals surface area contributed by atoms with Gasteiger partial charge in [-0.25, -0.2) is 4.39 Å². The number of rotatable bonds is 5. The zero-order valence-electron chi connectivity index (χ0n) is 11.7. The fourth-order valence-corrected chi connectivity index (χ4v) is 2.27. The van der Waals surface area contributed by atoms with Crippen LogP contribution in [0.1, 0.15) is 31.4 Å². The monoisotopic (exact) mass is 280 g/mol. The molecule has 1 aromatic carbocycles. The van der Waals surface area contributed by atoms with Gasteiger partial charge in [0, 0.05) is 0 Å². The van der Waals surface area contributed by atoms with Crippen molar-refractivity contribution in [3.63, 3.8) is 0 Å². The number of carbonyl (C=O) groups is 1. The average molecular weight is 280 g/mol. The van der Waals surface area contributed by atoms with Gasteiger partial charge in [0.1, 0.15) is 12.4 Å². The van der Waals surface area contributed by atoms with Crippen LogP contribution in [-0.4, -0.2) is 31.7 Å². The number of carbonyl (C=O) groups excluding carboxylic acids is 1. The van der Waals surface area contributed by atoms with Crippen molar-refractivity contribution in [2.45, 2.75) is 31.9 Å². The number of amides is 1. The minimum atomic E-state index is -0.276. The summed E-state index contributed by atoms with van der Waals surface area (Å²) in [7, 11) is 0. The van der Waals surface area contributed by atoms with Gasteiger partial charge >= 0.3 is 0 Å². The molecule has 20 heavy (non-hydrogen) atoms. The molecule has 1 saturated heterocycles. The molecule has 0 bridgehead atoms. The topological polar surface area (TPSA) is 50.4 Å². The van der Waals surface area contributed by atoms with E-state index in [0.29, 0.717) is 0 Å². The van der Waals surface area contributed by atoms with Crippen molar-refractivity contribution in [1.82, 2.24) is 10.6 Å². The number of hydrogen-bond acceptors (Lipinski definition) is 3. The lowest BCUT2D eigenvalue weighted by atomic mass is 10.1. The quantitative estimate of drug-likeness (QED) is 0.864. The van der Waals surface area contributed by atoms with Crippen molar-refractivity contribution < 1.29 is 13.9 Å². The van der Waals surface area contributed by atoms with Crippen molar-refractivity contribution in [2.24, 2.45) is 0 Å². The van der Waals surface area contributed by atoms with E-state index in [1.807, 2.05) is 6.92 Å². The third-order valence-electron chi connectivity index (χ3n) is 3.48. The Labute approximate surface area is 118 Å². The fourth-order valence-electron chi connectivity index (χ4n) is 2.27. The third kappa shape index (κ3) is 4.58. The second-order valence-corrected chi connectivity index (χ2v) is 5.10. The van der Waals surface area contributed by atoms with Gasteiger partial charge in [0.2, 0.25) is 5.91 Å². The molecule has 1 heterocycles. The Balaban J connectivity index is 1.74. The molecule has 1 aliphatic heterocycles. The fraction of sp³-hybridized carbons (Fsp3) is 0.533. The number of benzene rings is 1. The van der Waals surface area contributed by atoms with Gasteiger partial charge in [-0.3, -0.25) is 4.79 Å².